The maximum atomic E-state index is 13.7. The topological polar surface area (TPSA) is 9.23 Å². The van der Waals surface area contributed by atoms with Gasteiger partial charge in [-0.15, -0.1) is 11.6 Å². The molecule has 90 valence electrons. The summed E-state index contributed by atoms with van der Waals surface area (Å²) in [5.74, 6) is 0.292. The molecule has 2 unspecified atom stereocenters. The van der Waals surface area contributed by atoms with Gasteiger partial charge in [0, 0.05) is 16.9 Å². The SMILES string of the molecule is CCCC(Cl)C(C)c1c(F)cccc1OC. The van der Waals surface area contributed by atoms with Gasteiger partial charge in [0.05, 0.1) is 7.11 Å². The Kier molecular flexibility index (Phi) is 5.07. The first-order valence-electron chi connectivity index (χ1n) is 5.58. The van der Waals surface area contributed by atoms with Crippen molar-refractivity contribution in [1.82, 2.24) is 0 Å². The number of hydrogen-bond donors (Lipinski definition) is 0. The summed E-state index contributed by atoms with van der Waals surface area (Å²) in [4.78, 5) is 0. The van der Waals surface area contributed by atoms with E-state index in [1.165, 1.54) is 6.07 Å². The largest absolute Gasteiger partial charge is 0.496 e. The molecule has 2 atom stereocenters. The molecule has 0 aliphatic carbocycles. The lowest BCUT2D eigenvalue weighted by Crippen LogP contribution is -2.12. The molecule has 0 aliphatic rings. The molecule has 3 heteroatoms. The third-order valence-corrected chi connectivity index (χ3v) is 3.39. The van der Waals surface area contributed by atoms with Gasteiger partial charge in [0.15, 0.2) is 0 Å². The maximum absolute atomic E-state index is 13.7. The monoisotopic (exact) mass is 244 g/mol. The molecular formula is C13H18ClFO. The van der Waals surface area contributed by atoms with E-state index in [9.17, 15) is 4.39 Å². The normalized spacial score (nSPS) is 14.6. The first-order chi connectivity index (χ1) is 7.61. The average Bonchev–Trinajstić information content (AvgIpc) is 2.28. The zero-order chi connectivity index (χ0) is 12.1. The summed E-state index contributed by atoms with van der Waals surface area (Å²) < 4.78 is 18.9. The van der Waals surface area contributed by atoms with Gasteiger partial charge in [-0.05, 0) is 18.6 Å². The molecule has 1 aromatic carbocycles. The highest BCUT2D eigenvalue weighted by Gasteiger charge is 2.22. The summed E-state index contributed by atoms with van der Waals surface area (Å²) in [6.45, 7) is 4.01. The Morgan fingerprint density at radius 3 is 2.69 bits per heavy atom. The van der Waals surface area contributed by atoms with Gasteiger partial charge in [0.2, 0.25) is 0 Å². The van der Waals surface area contributed by atoms with Crippen molar-refractivity contribution in [2.75, 3.05) is 7.11 Å². The summed E-state index contributed by atoms with van der Waals surface area (Å²) in [7, 11) is 1.55. The van der Waals surface area contributed by atoms with Gasteiger partial charge in [-0.25, -0.2) is 4.39 Å². The zero-order valence-electron chi connectivity index (χ0n) is 9.97. The van der Waals surface area contributed by atoms with Gasteiger partial charge in [-0.2, -0.15) is 0 Å². The second-order valence-electron chi connectivity index (χ2n) is 3.95. The van der Waals surface area contributed by atoms with Crippen LogP contribution >= 0.6 is 11.6 Å². The highest BCUT2D eigenvalue weighted by molar-refractivity contribution is 6.21. The number of ether oxygens (including phenoxy) is 1. The van der Waals surface area contributed by atoms with Crippen molar-refractivity contribution in [3.05, 3.63) is 29.6 Å². The molecule has 0 saturated heterocycles. The van der Waals surface area contributed by atoms with Crippen LogP contribution in [0.5, 0.6) is 5.75 Å². The second-order valence-corrected chi connectivity index (χ2v) is 4.51. The molecule has 0 heterocycles. The van der Waals surface area contributed by atoms with Crippen molar-refractivity contribution in [2.45, 2.75) is 38.0 Å². The fourth-order valence-electron chi connectivity index (χ4n) is 1.84. The van der Waals surface area contributed by atoms with Gasteiger partial charge in [0.25, 0.3) is 0 Å². The van der Waals surface area contributed by atoms with Gasteiger partial charge in [-0.3, -0.25) is 0 Å². The standard InChI is InChI=1S/C13H18ClFO/c1-4-6-10(14)9(2)13-11(15)7-5-8-12(13)16-3/h5,7-10H,4,6H2,1-3H3. The molecular weight excluding hydrogens is 227 g/mol. The maximum Gasteiger partial charge on any atom is 0.130 e. The summed E-state index contributed by atoms with van der Waals surface area (Å²) in [6.07, 6.45) is 1.87. The molecule has 0 radical (unpaired) electrons. The molecule has 1 nitrogen and oxygen atoms in total. The molecule has 0 amide bonds. The molecule has 16 heavy (non-hydrogen) atoms. The summed E-state index contributed by atoms with van der Waals surface area (Å²) >= 11 is 6.24. The van der Waals surface area contributed by atoms with Crippen molar-refractivity contribution in [1.29, 1.82) is 0 Å². The lowest BCUT2D eigenvalue weighted by molar-refractivity contribution is 0.398. The fourth-order valence-corrected chi connectivity index (χ4v) is 2.19. The van der Waals surface area contributed by atoms with E-state index in [2.05, 4.69) is 6.92 Å². The van der Waals surface area contributed by atoms with Crippen molar-refractivity contribution >= 4 is 11.6 Å². The fraction of sp³-hybridized carbons (Fsp3) is 0.538. The molecule has 0 N–H and O–H groups in total. The molecule has 0 aliphatic heterocycles. The first-order valence-corrected chi connectivity index (χ1v) is 6.01. The van der Waals surface area contributed by atoms with E-state index < -0.39 is 0 Å². The molecule has 0 bridgehead atoms. The Hall–Kier alpha value is -0.760. The van der Waals surface area contributed by atoms with Crippen LogP contribution in [-0.4, -0.2) is 12.5 Å². The van der Waals surface area contributed by atoms with Crippen LogP contribution in [0.25, 0.3) is 0 Å². The van der Waals surface area contributed by atoms with Gasteiger partial charge < -0.3 is 4.74 Å². The number of alkyl halides is 1. The van der Waals surface area contributed by atoms with Crippen molar-refractivity contribution < 1.29 is 9.13 Å². The minimum atomic E-state index is -0.242. The van der Waals surface area contributed by atoms with E-state index in [0.29, 0.717) is 11.3 Å². The molecule has 1 aromatic rings. The van der Waals surface area contributed by atoms with E-state index in [1.807, 2.05) is 6.92 Å². The Morgan fingerprint density at radius 2 is 2.12 bits per heavy atom. The van der Waals surface area contributed by atoms with Crippen molar-refractivity contribution in [3.63, 3.8) is 0 Å². The Bertz CT molecular complexity index is 341. The molecule has 0 fully saturated rings. The molecule has 0 saturated carbocycles. The third-order valence-electron chi connectivity index (χ3n) is 2.80. The minimum absolute atomic E-state index is 0.0437. The van der Waals surface area contributed by atoms with E-state index >= 15 is 0 Å². The van der Waals surface area contributed by atoms with Gasteiger partial charge in [0.1, 0.15) is 11.6 Å². The molecule has 1 rings (SSSR count). The highest BCUT2D eigenvalue weighted by Crippen LogP contribution is 2.34. The third kappa shape index (κ3) is 2.88. The van der Waals surface area contributed by atoms with Crippen LogP contribution in [0.4, 0.5) is 4.39 Å². The smallest absolute Gasteiger partial charge is 0.130 e. The zero-order valence-corrected chi connectivity index (χ0v) is 10.7. The van der Waals surface area contributed by atoms with Crippen LogP contribution in [0, 0.1) is 5.82 Å². The summed E-state index contributed by atoms with van der Waals surface area (Å²) in [5.41, 5.74) is 0.582. The van der Waals surface area contributed by atoms with Crippen molar-refractivity contribution in [3.8, 4) is 5.75 Å². The minimum Gasteiger partial charge on any atom is -0.496 e. The van der Waals surface area contributed by atoms with E-state index in [-0.39, 0.29) is 17.1 Å². The number of hydrogen-bond acceptors (Lipinski definition) is 1. The quantitative estimate of drug-likeness (QED) is 0.700. The van der Waals surface area contributed by atoms with Crippen LogP contribution in [0.2, 0.25) is 0 Å². The van der Waals surface area contributed by atoms with Crippen LogP contribution in [0.15, 0.2) is 18.2 Å². The van der Waals surface area contributed by atoms with Crippen LogP contribution in [0.1, 0.15) is 38.2 Å². The van der Waals surface area contributed by atoms with E-state index in [4.69, 9.17) is 16.3 Å². The van der Waals surface area contributed by atoms with Crippen LogP contribution in [-0.2, 0) is 0 Å². The summed E-state index contributed by atoms with van der Waals surface area (Å²) in [6, 6.07) is 4.86. The Labute approximate surface area is 102 Å². The van der Waals surface area contributed by atoms with Crippen molar-refractivity contribution in [2.24, 2.45) is 0 Å². The number of rotatable bonds is 5. The molecule has 0 aromatic heterocycles. The highest BCUT2D eigenvalue weighted by atomic mass is 35.5. The number of halogens is 2. The predicted octanol–water partition coefficient (Wildman–Crippen LogP) is 4.35. The van der Waals surface area contributed by atoms with Crippen LogP contribution in [0.3, 0.4) is 0 Å². The lowest BCUT2D eigenvalue weighted by atomic mass is 9.93. The van der Waals surface area contributed by atoms with Gasteiger partial charge in [-0.1, -0.05) is 26.3 Å². The van der Waals surface area contributed by atoms with Gasteiger partial charge >= 0.3 is 0 Å². The Morgan fingerprint density at radius 1 is 1.44 bits per heavy atom. The van der Waals surface area contributed by atoms with E-state index in [1.54, 1.807) is 19.2 Å². The first kappa shape index (κ1) is 13.3. The second kappa shape index (κ2) is 6.09. The lowest BCUT2D eigenvalue weighted by Gasteiger charge is -2.20. The number of benzene rings is 1. The average molecular weight is 245 g/mol. The Balaban J connectivity index is 3.01. The summed E-state index contributed by atoms with van der Waals surface area (Å²) in [5, 5.41) is -0.0594. The number of methoxy groups -OCH3 is 1. The predicted molar refractivity (Wildman–Crippen MR) is 65.9 cm³/mol. The van der Waals surface area contributed by atoms with Crippen LogP contribution < -0.4 is 4.74 Å². The molecule has 0 spiro atoms. The van der Waals surface area contributed by atoms with E-state index in [0.717, 1.165) is 12.8 Å².